The summed E-state index contributed by atoms with van der Waals surface area (Å²) in [5.41, 5.74) is 1.32. The Bertz CT molecular complexity index is 305. The highest BCUT2D eigenvalue weighted by atomic mass is 16.5. The van der Waals surface area contributed by atoms with Gasteiger partial charge in [-0.1, -0.05) is 30.3 Å². The van der Waals surface area contributed by atoms with E-state index in [4.69, 9.17) is 4.74 Å². The second-order valence-electron chi connectivity index (χ2n) is 3.66. The molecule has 0 amide bonds. The summed E-state index contributed by atoms with van der Waals surface area (Å²) in [7, 11) is 0. The third kappa shape index (κ3) is 2.13. The van der Waals surface area contributed by atoms with E-state index in [1.807, 2.05) is 18.2 Å². The van der Waals surface area contributed by atoms with Crippen LogP contribution in [-0.2, 0) is 9.53 Å². The number of carbonyl (C=O) groups excluding carboxylic acids is 1. The first-order valence-electron chi connectivity index (χ1n) is 5.07. The van der Waals surface area contributed by atoms with E-state index in [1.165, 1.54) is 5.56 Å². The maximum atomic E-state index is 11.0. The Morgan fingerprint density at radius 3 is 2.71 bits per heavy atom. The fourth-order valence-electron chi connectivity index (χ4n) is 1.88. The van der Waals surface area contributed by atoms with E-state index < -0.39 is 0 Å². The first-order chi connectivity index (χ1) is 6.86. The van der Waals surface area contributed by atoms with E-state index in [0.29, 0.717) is 18.9 Å². The maximum Gasteiger partial charge on any atom is 0.305 e. The van der Waals surface area contributed by atoms with Crippen molar-refractivity contribution >= 4 is 5.97 Å². The number of esters is 1. The first-order valence-corrected chi connectivity index (χ1v) is 5.07. The van der Waals surface area contributed by atoms with E-state index in [1.54, 1.807) is 0 Å². The highest BCUT2D eigenvalue weighted by molar-refractivity contribution is 5.69. The van der Waals surface area contributed by atoms with Gasteiger partial charge in [-0.25, -0.2) is 0 Å². The lowest BCUT2D eigenvalue weighted by Crippen LogP contribution is -2.00. The second-order valence-corrected chi connectivity index (χ2v) is 3.66. The van der Waals surface area contributed by atoms with Crippen molar-refractivity contribution in [2.45, 2.75) is 25.2 Å². The van der Waals surface area contributed by atoms with Gasteiger partial charge in [0.1, 0.15) is 0 Å². The summed E-state index contributed by atoms with van der Waals surface area (Å²) in [4.78, 5) is 11.0. The van der Waals surface area contributed by atoms with E-state index in [0.717, 1.165) is 12.8 Å². The van der Waals surface area contributed by atoms with Gasteiger partial charge in [0.2, 0.25) is 0 Å². The molecule has 14 heavy (non-hydrogen) atoms. The van der Waals surface area contributed by atoms with Crippen molar-refractivity contribution in [2.24, 2.45) is 0 Å². The van der Waals surface area contributed by atoms with Crippen LogP contribution in [0.4, 0.5) is 0 Å². The molecule has 1 heterocycles. The minimum atomic E-state index is -0.0524. The van der Waals surface area contributed by atoms with Crippen LogP contribution in [0.1, 0.15) is 30.7 Å². The van der Waals surface area contributed by atoms with Crippen LogP contribution in [0.15, 0.2) is 30.3 Å². The Morgan fingerprint density at radius 2 is 1.93 bits per heavy atom. The summed E-state index contributed by atoms with van der Waals surface area (Å²) in [6, 6.07) is 10.4. The maximum absolute atomic E-state index is 11.0. The topological polar surface area (TPSA) is 26.3 Å². The van der Waals surface area contributed by atoms with Crippen molar-refractivity contribution in [1.82, 2.24) is 0 Å². The Labute approximate surface area is 83.9 Å². The van der Waals surface area contributed by atoms with Crippen LogP contribution in [0.2, 0.25) is 0 Å². The normalized spacial score (nSPS) is 22.6. The number of rotatable bonds is 1. The molecule has 1 aliphatic rings. The van der Waals surface area contributed by atoms with E-state index in [-0.39, 0.29) is 5.97 Å². The van der Waals surface area contributed by atoms with Gasteiger partial charge in [-0.15, -0.1) is 0 Å². The lowest BCUT2D eigenvalue weighted by molar-refractivity contribution is -0.142. The summed E-state index contributed by atoms with van der Waals surface area (Å²) in [5, 5.41) is 0. The summed E-state index contributed by atoms with van der Waals surface area (Å²) >= 11 is 0. The molecule has 1 fully saturated rings. The fourth-order valence-corrected chi connectivity index (χ4v) is 1.88. The van der Waals surface area contributed by atoms with Gasteiger partial charge in [0.05, 0.1) is 6.61 Å². The third-order valence-corrected chi connectivity index (χ3v) is 2.70. The van der Waals surface area contributed by atoms with Crippen LogP contribution in [0.25, 0.3) is 0 Å². The smallest absolute Gasteiger partial charge is 0.305 e. The quantitative estimate of drug-likeness (QED) is 0.636. The number of benzene rings is 1. The molecule has 1 unspecified atom stereocenters. The Balaban J connectivity index is 2.08. The van der Waals surface area contributed by atoms with Crippen LogP contribution in [0.3, 0.4) is 0 Å². The molecule has 1 aromatic rings. The van der Waals surface area contributed by atoms with Gasteiger partial charge in [-0.3, -0.25) is 4.79 Å². The van der Waals surface area contributed by atoms with Crippen LogP contribution in [-0.4, -0.2) is 12.6 Å². The number of carbonyl (C=O) groups is 1. The Kier molecular flexibility index (Phi) is 2.82. The van der Waals surface area contributed by atoms with Crippen molar-refractivity contribution in [3.8, 4) is 0 Å². The van der Waals surface area contributed by atoms with Crippen molar-refractivity contribution in [2.75, 3.05) is 6.61 Å². The minimum absolute atomic E-state index is 0.0524. The molecule has 74 valence electrons. The number of ether oxygens (including phenoxy) is 1. The zero-order valence-electron chi connectivity index (χ0n) is 8.11. The van der Waals surface area contributed by atoms with Crippen LogP contribution in [0, 0.1) is 0 Å². The molecule has 0 aromatic heterocycles. The molecule has 0 bridgehead atoms. The molecule has 0 spiro atoms. The average molecular weight is 190 g/mol. The molecule has 0 saturated carbocycles. The molecule has 1 atom stereocenters. The minimum Gasteiger partial charge on any atom is -0.466 e. The highest BCUT2D eigenvalue weighted by Crippen LogP contribution is 2.27. The molecule has 2 nitrogen and oxygen atoms in total. The van der Waals surface area contributed by atoms with Crippen LogP contribution >= 0.6 is 0 Å². The molecular formula is C12H14O2. The van der Waals surface area contributed by atoms with Gasteiger partial charge in [0, 0.05) is 6.42 Å². The van der Waals surface area contributed by atoms with Gasteiger partial charge >= 0.3 is 5.97 Å². The number of hydrogen-bond donors (Lipinski definition) is 0. The van der Waals surface area contributed by atoms with Crippen LogP contribution in [0.5, 0.6) is 0 Å². The molecule has 0 aliphatic carbocycles. The lowest BCUT2D eigenvalue weighted by Gasteiger charge is -2.12. The molecule has 0 radical (unpaired) electrons. The molecule has 2 heteroatoms. The van der Waals surface area contributed by atoms with Gasteiger partial charge in [0.25, 0.3) is 0 Å². The van der Waals surface area contributed by atoms with E-state index >= 15 is 0 Å². The number of hydrogen-bond acceptors (Lipinski definition) is 2. The fraction of sp³-hybridized carbons (Fsp3) is 0.417. The van der Waals surface area contributed by atoms with Gasteiger partial charge < -0.3 is 4.74 Å². The molecule has 0 N–H and O–H groups in total. The predicted molar refractivity (Wildman–Crippen MR) is 54.0 cm³/mol. The van der Waals surface area contributed by atoms with Crippen LogP contribution < -0.4 is 0 Å². The zero-order chi connectivity index (χ0) is 9.80. The van der Waals surface area contributed by atoms with E-state index in [9.17, 15) is 4.79 Å². The molecule has 1 aliphatic heterocycles. The van der Waals surface area contributed by atoms with Crippen molar-refractivity contribution in [3.63, 3.8) is 0 Å². The molecule has 1 saturated heterocycles. The molecule has 1 aromatic carbocycles. The third-order valence-electron chi connectivity index (χ3n) is 2.70. The van der Waals surface area contributed by atoms with Crippen molar-refractivity contribution < 1.29 is 9.53 Å². The predicted octanol–water partition coefficient (Wildman–Crippen LogP) is 2.50. The summed E-state index contributed by atoms with van der Waals surface area (Å²) in [6.45, 7) is 0.568. The summed E-state index contributed by atoms with van der Waals surface area (Å²) in [6.07, 6.45) is 2.43. The Hall–Kier alpha value is -1.31. The SMILES string of the molecule is O=C1CCC(c2ccccc2)CCO1. The molecular weight excluding hydrogens is 176 g/mol. The highest BCUT2D eigenvalue weighted by Gasteiger charge is 2.18. The lowest BCUT2D eigenvalue weighted by atomic mass is 9.92. The van der Waals surface area contributed by atoms with E-state index in [2.05, 4.69) is 12.1 Å². The van der Waals surface area contributed by atoms with Crippen molar-refractivity contribution in [1.29, 1.82) is 0 Å². The van der Waals surface area contributed by atoms with Crippen molar-refractivity contribution in [3.05, 3.63) is 35.9 Å². The second kappa shape index (κ2) is 4.27. The van der Waals surface area contributed by atoms with Gasteiger partial charge in [-0.2, -0.15) is 0 Å². The standard InChI is InChI=1S/C12H14O2/c13-12-7-6-11(8-9-14-12)10-4-2-1-3-5-10/h1-5,11H,6-9H2. The largest absolute Gasteiger partial charge is 0.466 e. The number of cyclic esters (lactones) is 1. The monoisotopic (exact) mass is 190 g/mol. The average Bonchev–Trinajstić information content (AvgIpc) is 2.44. The molecule has 2 rings (SSSR count). The van der Waals surface area contributed by atoms with Gasteiger partial charge in [0.15, 0.2) is 0 Å². The zero-order valence-corrected chi connectivity index (χ0v) is 8.11. The summed E-state index contributed by atoms with van der Waals surface area (Å²) < 4.78 is 5.02. The summed E-state index contributed by atoms with van der Waals surface area (Å²) in [5.74, 6) is 0.436. The first kappa shape index (κ1) is 9.25. The van der Waals surface area contributed by atoms with Gasteiger partial charge in [-0.05, 0) is 24.3 Å². The Morgan fingerprint density at radius 1 is 1.14 bits per heavy atom.